The van der Waals surface area contributed by atoms with Gasteiger partial charge in [0, 0.05) is 18.6 Å². The van der Waals surface area contributed by atoms with E-state index in [1.807, 2.05) is 0 Å². The van der Waals surface area contributed by atoms with Gasteiger partial charge < -0.3 is 5.73 Å². The molecule has 1 aliphatic carbocycles. The molecule has 2 nitrogen and oxygen atoms in total. The lowest BCUT2D eigenvalue weighted by Crippen LogP contribution is -2.56. The van der Waals surface area contributed by atoms with Crippen molar-refractivity contribution in [1.82, 2.24) is 4.90 Å². The zero-order valence-corrected chi connectivity index (χ0v) is 11.2. The quantitative estimate of drug-likeness (QED) is 0.781. The van der Waals surface area contributed by atoms with Crippen molar-refractivity contribution >= 4 is 0 Å². The zero-order chi connectivity index (χ0) is 11.8. The Bertz CT molecular complexity index is 229. The topological polar surface area (TPSA) is 29.3 Å². The fourth-order valence-corrected chi connectivity index (χ4v) is 4.15. The molecule has 1 heterocycles. The highest BCUT2D eigenvalue weighted by Gasteiger charge is 2.43. The molecule has 1 saturated heterocycles. The third kappa shape index (κ3) is 2.28. The number of rotatable bonds is 2. The molecule has 0 spiro atoms. The van der Waals surface area contributed by atoms with Crippen molar-refractivity contribution in [3.63, 3.8) is 0 Å². The molecule has 0 aromatic rings. The lowest BCUT2D eigenvalue weighted by atomic mass is 9.71. The van der Waals surface area contributed by atoms with E-state index in [2.05, 4.69) is 25.7 Å². The van der Waals surface area contributed by atoms with Crippen LogP contribution in [0.2, 0.25) is 0 Å². The van der Waals surface area contributed by atoms with E-state index in [1.54, 1.807) is 0 Å². The zero-order valence-electron chi connectivity index (χ0n) is 11.2. The second-order valence-corrected chi connectivity index (χ2v) is 6.62. The minimum atomic E-state index is 0.335. The summed E-state index contributed by atoms with van der Waals surface area (Å²) in [5.41, 5.74) is 6.48. The first-order chi connectivity index (χ1) is 7.55. The Hall–Kier alpha value is -0.0800. The molecule has 0 aromatic carbocycles. The molecule has 0 bridgehead atoms. The average Bonchev–Trinajstić information content (AvgIpc) is 2.63. The standard InChI is InChI=1S/C14H28N2/c1-11-4-5-16(9-11)14(10-15)7-12(2)6-13(3)8-14/h11-13H,4-10,15H2,1-3H3. The molecule has 1 aliphatic heterocycles. The van der Waals surface area contributed by atoms with E-state index in [-0.39, 0.29) is 0 Å². The lowest BCUT2D eigenvalue weighted by Gasteiger charge is -2.48. The second-order valence-electron chi connectivity index (χ2n) is 6.62. The van der Waals surface area contributed by atoms with Gasteiger partial charge in [-0.1, -0.05) is 20.8 Å². The third-order valence-corrected chi connectivity index (χ3v) is 4.74. The van der Waals surface area contributed by atoms with E-state index >= 15 is 0 Å². The predicted molar refractivity (Wildman–Crippen MR) is 69.3 cm³/mol. The van der Waals surface area contributed by atoms with Crippen LogP contribution < -0.4 is 5.73 Å². The van der Waals surface area contributed by atoms with Crippen LogP contribution in [0.15, 0.2) is 0 Å². The fourth-order valence-electron chi connectivity index (χ4n) is 4.15. The van der Waals surface area contributed by atoms with Crippen LogP contribution in [0.4, 0.5) is 0 Å². The summed E-state index contributed by atoms with van der Waals surface area (Å²) >= 11 is 0. The largest absolute Gasteiger partial charge is 0.329 e. The molecule has 94 valence electrons. The van der Waals surface area contributed by atoms with Gasteiger partial charge in [-0.2, -0.15) is 0 Å². The highest BCUT2D eigenvalue weighted by molar-refractivity contribution is 4.99. The van der Waals surface area contributed by atoms with E-state index in [1.165, 1.54) is 38.8 Å². The maximum atomic E-state index is 6.15. The van der Waals surface area contributed by atoms with Gasteiger partial charge in [0.25, 0.3) is 0 Å². The maximum absolute atomic E-state index is 6.15. The van der Waals surface area contributed by atoms with Crippen molar-refractivity contribution in [1.29, 1.82) is 0 Å². The number of nitrogens with two attached hydrogens (primary N) is 1. The molecule has 2 heteroatoms. The van der Waals surface area contributed by atoms with Gasteiger partial charge in [0.15, 0.2) is 0 Å². The molecule has 3 unspecified atom stereocenters. The number of hydrogen-bond donors (Lipinski definition) is 1. The summed E-state index contributed by atoms with van der Waals surface area (Å²) in [4.78, 5) is 2.71. The molecule has 1 saturated carbocycles. The molecule has 16 heavy (non-hydrogen) atoms. The molecule has 2 rings (SSSR count). The molecule has 2 aliphatic rings. The van der Waals surface area contributed by atoms with Gasteiger partial charge in [0.1, 0.15) is 0 Å². The van der Waals surface area contributed by atoms with Gasteiger partial charge in [-0.3, -0.25) is 4.90 Å². The molecular weight excluding hydrogens is 196 g/mol. The minimum Gasteiger partial charge on any atom is -0.329 e. The summed E-state index contributed by atoms with van der Waals surface area (Å²) in [7, 11) is 0. The van der Waals surface area contributed by atoms with E-state index in [4.69, 9.17) is 5.73 Å². The third-order valence-electron chi connectivity index (χ3n) is 4.74. The summed E-state index contributed by atoms with van der Waals surface area (Å²) in [5, 5.41) is 0. The summed E-state index contributed by atoms with van der Waals surface area (Å²) in [6.07, 6.45) is 5.40. The van der Waals surface area contributed by atoms with Crippen LogP contribution in [0.5, 0.6) is 0 Å². The molecule has 0 radical (unpaired) electrons. The Morgan fingerprint density at radius 3 is 2.19 bits per heavy atom. The van der Waals surface area contributed by atoms with Crippen LogP contribution in [-0.4, -0.2) is 30.1 Å². The van der Waals surface area contributed by atoms with Crippen molar-refractivity contribution < 1.29 is 0 Å². The molecule has 2 N–H and O–H groups in total. The number of nitrogens with zero attached hydrogens (tertiary/aromatic N) is 1. The van der Waals surface area contributed by atoms with Crippen molar-refractivity contribution in [2.45, 2.75) is 52.0 Å². The van der Waals surface area contributed by atoms with Gasteiger partial charge in [-0.05, 0) is 50.0 Å². The van der Waals surface area contributed by atoms with Gasteiger partial charge in [0.05, 0.1) is 0 Å². The summed E-state index contributed by atoms with van der Waals surface area (Å²) in [5.74, 6) is 2.57. The van der Waals surface area contributed by atoms with Gasteiger partial charge in [0.2, 0.25) is 0 Å². The monoisotopic (exact) mass is 224 g/mol. The highest BCUT2D eigenvalue weighted by atomic mass is 15.2. The Morgan fingerprint density at radius 1 is 1.12 bits per heavy atom. The Morgan fingerprint density at radius 2 is 1.75 bits per heavy atom. The first kappa shape index (κ1) is 12.4. The van der Waals surface area contributed by atoms with Crippen LogP contribution in [-0.2, 0) is 0 Å². The fraction of sp³-hybridized carbons (Fsp3) is 1.00. The van der Waals surface area contributed by atoms with Gasteiger partial charge in [-0.15, -0.1) is 0 Å². The summed E-state index contributed by atoms with van der Waals surface area (Å²) in [6, 6.07) is 0. The van der Waals surface area contributed by atoms with E-state index in [9.17, 15) is 0 Å². The first-order valence-corrected chi connectivity index (χ1v) is 7.01. The SMILES string of the molecule is CC1CCN(C2(CN)CC(C)CC(C)C2)C1. The van der Waals surface area contributed by atoms with Crippen LogP contribution in [0, 0.1) is 17.8 Å². The Balaban J connectivity index is 2.11. The van der Waals surface area contributed by atoms with Crippen molar-refractivity contribution in [3.05, 3.63) is 0 Å². The normalized spacial score (nSPS) is 46.1. The Kier molecular flexibility index (Phi) is 3.60. The Labute approximate surface area is 101 Å². The van der Waals surface area contributed by atoms with Crippen LogP contribution >= 0.6 is 0 Å². The summed E-state index contributed by atoms with van der Waals surface area (Å²) in [6.45, 7) is 10.6. The van der Waals surface area contributed by atoms with Gasteiger partial charge >= 0.3 is 0 Å². The van der Waals surface area contributed by atoms with E-state index < -0.39 is 0 Å². The highest BCUT2D eigenvalue weighted by Crippen LogP contribution is 2.41. The first-order valence-electron chi connectivity index (χ1n) is 7.01. The second kappa shape index (κ2) is 4.66. The van der Waals surface area contributed by atoms with Gasteiger partial charge in [-0.25, -0.2) is 0 Å². The molecule has 0 aromatic heterocycles. The van der Waals surface area contributed by atoms with Crippen molar-refractivity contribution in [3.8, 4) is 0 Å². The number of likely N-dealkylation sites (tertiary alicyclic amines) is 1. The summed E-state index contributed by atoms with van der Waals surface area (Å²) < 4.78 is 0. The minimum absolute atomic E-state index is 0.335. The maximum Gasteiger partial charge on any atom is 0.0336 e. The predicted octanol–water partition coefficient (Wildman–Crippen LogP) is 2.48. The molecule has 3 atom stereocenters. The number of hydrogen-bond acceptors (Lipinski definition) is 2. The van der Waals surface area contributed by atoms with Crippen LogP contribution in [0.3, 0.4) is 0 Å². The van der Waals surface area contributed by atoms with E-state index in [0.717, 1.165) is 24.3 Å². The van der Waals surface area contributed by atoms with Crippen LogP contribution in [0.1, 0.15) is 46.5 Å². The smallest absolute Gasteiger partial charge is 0.0336 e. The van der Waals surface area contributed by atoms with Crippen molar-refractivity contribution in [2.24, 2.45) is 23.5 Å². The molecule has 2 fully saturated rings. The van der Waals surface area contributed by atoms with Crippen molar-refractivity contribution in [2.75, 3.05) is 19.6 Å². The van der Waals surface area contributed by atoms with Crippen LogP contribution in [0.25, 0.3) is 0 Å². The molecule has 0 amide bonds. The van der Waals surface area contributed by atoms with E-state index in [0.29, 0.717) is 5.54 Å². The average molecular weight is 224 g/mol. The lowest BCUT2D eigenvalue weighted by molar-refractivity contribution is 0.0348. The molecular formula is C14H28N2.